The third-order valence-corrected chi connectivity index (χ3v) is 4.00. The van der Waals surface area contributed by atoms with Crippen LogP contribution in [0.5, 0.6) is 11.5 Å². The molecular weight excluding hydrogens is 420 g/mol. The lowest BCUT2D eigenvalue weighted by Crippen LogP contribution is -2.16. The van der Waals surface area contributed by atoms with Gasteiger partial charge in [0.25, 0.3) is 5.56 Å². The number of halogens is 1. The number of nitrogens with zero attached hydrogens (tertiary/aromatic N) is 2. The Morgan fingerprint density at radius 2 is 1.96 bits per heavy atom. The number of nitrogens with two attached hydrogens (primary N) is 1. The molecule has 9 nitrogen and oxygen atoms in total. The van der Waals surface area contributed by atoms with Crippen LogP contribution in [0.15, 0.2) is 21.4 Å². The zero-order chi connectivity index (χ0) is 20.1. The number of ether oxygens (including phenoxy) is 2. The molecular formula is C17H13BrN4O5. The van der Waals surface area contributed by atoms with Gasteiger partial charge in [0, 0.05) is 5.56 Å². The first-order chi connectivity index (χ1) is 12.8. The van der Waals surface area contributed by atoms with E-state index in [1.807, 2.05) is 6.07 Å². The van der Waals surface area contributed by atoms with Gasteiger partial charge in [0.15, 0.2) is 18.1 Å². The molecule has 0 aliphatic heterocycles. The number of carbonyl (C=O) groups is 1. The lowest BCUT2D eigenvalue weighted by Gasteiger charge is -2.16. The quantitative estimate of drug-likeness (QED) is 0.623. The van der Waals surface area contributed by atoms with Crippen molar-refractivity contribution in [1.82, 2.24) is 4.98 Å². The fourth-order valence-corrected chi connectivity index (χ4v) is 2.94. The molecule has 10 heteroatoms. The van der Waals surface area contributed by atoms with E-state index >= 15 is 0 Å². The molecule has 0 fully saturated rings. The average Bonchev–Trinajstić information content (AvgIpc) is 2.60. The van der Waals surface area contributed by atoms with Gasteiger partial charge in [-0.3, -0.25) is 4.79 Å². The van der Waals surface area contributed by atoms with Crippen LogP contribution in [-0.2, 0) is 4.79 Å². The minimum Gasteiger partial charge on any atom is -0.490 e. The maximum Gasteiger partial charge on any atom is 0.341 e. The molecule has 0 radical (unpaired) electrons. The summed E-state index contributed by atoms with van der Waals surface area (Å²) >= 11 is 3.26. The van der Waals surface area contributed by atoms with Gasteiger partial charge in [0.1, 0.15) is 29.1 Å². The molecule has 0 saturated carbocycles. The van der Waals surface area contributed by atoms with Crippen molar-refractivity contribution in [3.05, 3.63) is 38.1 Å². The molecule has 0 saturated heterocycles. The van der Waals surface area contributed by atoms with Crippen LogP contribution < -0.4 is 20.8 Å². The predicted octanol–water partition coefficient (Wildman–Crippen LogP) is 1.99. The molecule has 2 aromatic rings. The highest BCUT2D eigenvalue weighted by Gasteiger charge is 2.21. The standard InChI is InChI=1S/C17H13BrN4O5/c1-2-26-12-4-8(3-11(18)15(12)27-7-13(23)24)14-9(5-19)16(21)22-17(25)10(14)6-20/h3-4H,2,7H2,1H3,(H,23,24)(H3,21,22,25). The van der Waals surface area contributed by atoms with Gasteiger partial charge in [0.05, 0.1) is 11.1 Å². The fourth-order valence-electron chi connectivity index (χ4n) is 2.38. The minimum absolute atomic E-state index is 0.0488. The van der Waals surface area contributed by atoms with E-state index in [9.17, 15) is 20.1 Å². The number of rotatable bonds is 6. The molecule has 27 heavy (non-hydrogen) atoms. The van der Waals surface area contributed by atoms with Gasteiger partial charge in [0.2, 0.25) is 0 Å². The Bertz CT molecular complexity index is 1050. The average molecular weight is 433 g/mol. The highest BCUT2D eigenvalue weighted by atomic mass is 79.9. The Hall–Kier alpha value is -3.50. The number of carboxylic acids is 1. The number of nitrogens with one attached hydrogen (secondary N) is 1. The Morgan fingerprint density at radius 1 is 1.30 bits per heavy atom. The van der Waals surface area contributed by atoms with Gasteiger partial charge >= 0.3 is 5.97 Å². The Labute approximate surface area is 161 Å². The second-order valence-electron chi connectivity index (χ2n) is 5.12. The molecule has 0 aliphatic rings. The Balaban J connectivity index is 2.78. The van der Waals surface area contributed by atoms with Gasteiger partial charge in [-0.15, -0.1) is 0 Å². The maximum atomic E-state index is 12.1. The first kappa shape index (κ1) is 19.8. The second kappa shape index (κ2) is 8.25. The number of hydrogen-bond donors (Lipinski definition) is 3. The summed E-state index contributed by atoms with van der Waals surface area (Å²) in [5.41, 5.74) is 4.99. The molecule has 1 aromatic carbocycles. The van der Waals surface area contributed by atoms with Crippen molar-refractivity contribution in [2.75, 3.05) is 18.9 Å². The van der Waals surface area contributed by atoms with E-state index in [0.29, 0.717) is 10.0 Å². The molecule has 0 unspecified atom stereocenters. The monoisotopic (exact) mass is 432 g/mol. The first-order valence-corrected chi connectivity index (χ1v) is 8.30. The van der Waals surface area contributed by atoms with Gasteiger partial charge < -0.3 is 25.3 Å². The third kappa shape index (κ3) is 4.02. The highest BCUT2D eigenvalue weighted by molar-refractivity contribution is 9.10. The topological polar surface area (TPSA) is 162 Å². The number of pyridine rings is 1. The predicted molar refractivity (Wildman–Crippen MR) is 98.3 cm³/mol. The number of aromatic nitrogens is 1. The van der Waals surface area contributed by atoms with Gasteiger partial charge in [-0.1, -0.05) is 0 Å². The van der Waals surface area contributed by atoms with Crippen LogP contribution in [0.1, 0.15) is 18.1 Å². The normalized spacial score (nSPS) is 9.93. The number of nitrogen functional groups attached to an aromatic ring is 1. The van der Waals surface area contributed by atoms with E-state index in [2.05, 4.69) is 20.9 Å². The molecule has 0 bridgehead atoms. The zero-order valence-corrected chi connectivity index (χ0v) is 15.6. The van der Waals surface area contributed by atoms with E-state index < -0.39 is 18.1 Å². The van der Waals surface area contributed by atoms with Crippen LogP contribution in [0.25, 0.3) is 11.1 Å². The van der Waals surface area contributed by atoms with Crippen molar-refractivity contribution in [2.45, 2.75) is 6.92 Å². The molecule has 2 rings (SSSR count). The first-order valence-electron chi connectivity index (χ1n) is 7.51. The third-order valence-electron chi connectivity index (χ3n) is 3.41. The van der Waals surface area contributed by atoms with E-state index in [0.717, 1.165) is 0 Å². The SMILES string of the molecule is CCOc1cc(-c2c(C#N)c(N)[nH]c(=O)c2C#N)cc(Br)c1OCC(=O)O. The lowest BCUT2D eigenvalue weighted by molar-refractivity contribution is -0.139. The number of benzene rings is 1. The summed E-state index contributed by atoms with van der Waals surface area (Å²) < 4.78 is 11.0. The van der Waals surface area contributed by atoms with E-state index in [4.69, 9.17) is 20.3 Å². The number of hydrogen-bond acceptors (Lipinski definition) is 7. The van der Waals surface area contributed by atoms with Crippen LogP contribution in [0, 0.1) is 22.7 Å². The van der Waals surface area contributed by atoms with Crippen molar-refractivity contribution in [3.8, 4) is 34.8 Å². The van der Waals surface area contributed by atoms with Crippen molar-refractivity contribution in [1.29, 1.82) is 10.5 Å². The van der Waals surface area contributed by atoms with Crippen molar-refractivity contribution in [3.63, 3.8) is 0 Å². The van der Waals surface area contributed by atoms with E-state index in [1.54, 1.807) is 13.0 Å². The van der Waals surface area contributed by atoms with Crippen molar-refractivity contribution in [2.24, 2.45) is 0 Å². The molecule has 0 aliphatic carbocycles. The molecule has 1 aromatic heterocycles. The summed E-state index contributed by atoms with van der Waals surface area (Å²) in [5.74, 6) is -1.03. The lowest BCUT2D eigenvalue weighted by atomic mass is 9.96. The summed E-state index contributed by atoms with van der Waals surface area (Å²) in [6, 6.07) is 6.58. The van der Waals surface area contributed by atoms with Crippen LogP contribution in [0.3, 0.4) is 0 Å². The Morgan fingerprint density at radius 3 is 2.52 bits per heavy atom. The fraction of sp³-hybridized carbons (Fsp3) is 0.176. The highest BCUT2D eigenvalue weighted by Crippen LogP contribution is 2.41. The van der Waals surface area contributed by atoms with E-state index in [-0.39, 0.29) is 40.6 Å². The molecule has 0 atom stereocenters. The number of nitriles is 2. The van der Waals surface area contributed by atoms with Crippen LogP contribution in [-0.4, -0.2) is 29.3 Å². The van der Waals surface area contributed by atoms with Crippen LogP contribution >= 0.6 is 15.9 Å². The minimum atomic E-state index is -1.17. The van der Waals surface area contributed by atoms with Crippen molar-refractivity contribution < 1.29 is 19.4 Å². The van der Waals surface area contributed by atoms with E-state index in [1.165, 1.54) is 12.1 Å². The molecule has 4 N–H and O–H groups in total. The van der Waals surface area contributed by atoms with Gasteiger partial charge in [-0.2, -0.15) is 10.5 Å². The summed E-state index contributed by atoms with van der Waals surface area (Å²) in [4.78, 5) is 25.1. The summed E-state index contributed by atoms with van der Waals surface area (Å²) in [5, 5.41) is 27.6. The summed E-state index contributed by atoms with van der Waals surface area (Å²) in [6.07, 6.45) is 0. The number of aromatic amines is 1. The number of aliphatic carboxylic acids is 1. The number of H-pyrrole nitrogens is 1. The second-order valence-corrected chi connectivity index (χ2v) is 5.97. The maximum absolute atomic E-state index is 12.1. The zero-order valence-electron chi connectivity index (χ0n) is 14.0. The van der Waals surface area contributed by atoms with Gasteiger partial charge in [-0.25, -0.2) is 4.79 Å². The largest absolute Gasteiger partial charge is 0.490 e. The summed E-state index contributed by atoms with van der Waals surface area (Å²) in [7, 11) is 0. The van der Waals surface area contributed by atoms with Crippen LogP contribution in [0.2, 0.25) is 0 Å². The molecule has 0 amide bonds. The summed E-state index contributed by atoms with van der Waals surface area (Å²) in [6.45, 7) is 1.37. The number of carboxylic acid groups (broad SMARTS) is 1. The van der Waals surface area contributed by atoms with Crippen molar-refractivity contribution >= 4 is 27.7 Å². The van der Waals surface area contributed by atoms with Gasteiger partial charge in [-0.05, 0) is 40.5 Å². The molecule has 0 spiro atoms. The molecule has 138 valence electrons. The number of anilines is 1. The molecule has 1 heterocycles. The smallest absolute Gasteiger partial charge is 0.341 e. The Kier molecular flexibility index (Phi) is 6.06. The van der Waals surface area contributed by atoms with Crippen LogP contribution in [0.4, 0.5) is 5.82 Å².